The number of nitrogens with zero attached hydrogens (tertiary/aromatic N) is 3. The average Bonchev–Trinajstić information content (AvgIpc) is 2.90. The summed E-state index contributed by atoms with van der Waals surface area (Å²) in [5.41, 5.74) is 0. The molecular weight excluding hydrogens is 294 g/mol. The third-order valence-corrected chi connectivity index (χ3v) is 4.46. The maximum absolute atomic E-state index is 5.44. The van der Waals surface area contributed by atoms with Crippen LogP contribution in [0.5, 0.6) is 0 Å². The van der Waals surface area contributed by atoms with Gasteiger partial charge in [0, 0.05) is 38.7 Å². The zero-order valence-corrected chi connectivity index (χ0v) is 12.0. The minimum atomic E-state index is 0.793. The second-order valence-electron chi connectivity index (χ2n) is 5.15. The van der Waals surface area contributed by atoms with Crippen LogP contribution >= 0.6 is 15.9 Å². The highest BCUT2D eigenvalue weighted by Crippen LogP contribution is 2.32. The molecule has 1 unspecified atom stereocenters. The van der Waals surface area contributed by atoms with Crippen LogP contribution in [0.3, 0.4) is 0 Å². The molecule has 2 aliphatic heterocycles. The molecule has 2 saturated heterocycles. The van der Waals surface area contributed by atoms with Gasteiger partial charge in [0.15, 0.2) is 0 Å². The summed E-state index contributed by atoms with van der Waals surface area (Å²) in [7, 11) is 0. The van der Waals surface area contributed by atoms with Crippen molar-refractivity contribution in [2.75, 3.05) is 31.2 Å². The van der Waals surface area contributed by atoms with Crippen molar-refractivity contribution in [3.63, 3.8) is 0 Å². The lowest BCUT2D eigenvalue weighted by atomic mass is 9.85. The largest absolute Gasteiger partial charge is 0.381 e. The van der Waals surface area contributed by atoms with Crippen LogP contribution in [0.4, 0.5) is 5.95 Å². The summed E-state index contributed by atoms with van der Waals surface area (Å²) < 4.78 is 6.38. The lowest BCUT2D eigenvalue weighted by Gasteiger charge is -2.27. The van der Waals surface area contributed by atoms with Gasteiger partial charge in [-0.2, -0.15) is 0 Å². The Morgan fingerprint density at radius 3 is 2.56 bits per heavy atom. The molecule has 1 aromatic rings. The molecular formula is C13H18BrN3O. The van der Waals surface area contributed by atoms with Gasteiger partial charge in [-0.15, -0.1) is 0 Å². The van der Waals surface area contributed by atoms with E-state index >= 15 is 0 Å². The fraction of sp³-hybridized carbons (Fsp3) is 0.692. The van der Waals surface area contributed by atoms with Crippen LogP contribution in [0.2, 0.25) is 0 Å². The molecule has 1 aromatic heterocycles. The molecule has 2 aliphatic rings. The second kappa shape index (κ2) is 5.53. The Balaban J connectivity index is 1.62. The minimum absolute atomic E-state index is 0.793. The van der Waals surface area contributed by atoms with Gasteiger partial charge in [0.1, 0.15) is 0 Å². The summed E-state index contributed by atoms with van der Waals surface area (Å²) >= 11 is 3.37. The lowest BCUT2D eigenvalue weighted by molar-refractivity contribution is 0.0500. The maximum atomic E-state index is 5.44. The van der Waals surface area contributed by atoms with Gasteiger partial charge >= 0.3 is 0 Å². The summed E-state index contributed by atoms with van der Waals surface area (Å²) in [4.78, 5) is 11.1. The molecule has 0 bridgehead atoms. The molecule has 3 rings (SSSR count). The van der Waals surface area contributed by atoms with Crippen molar-refractivity contribution in [3.8, 4) is 0 Å². The SMILES string of the molecule is Brc1cnc(N2CCC(C3CCOCC3)C2)nc1. The van der Waals surface area contributed by atoms with Gasteiger partial charge in [-0.05, 0) is 47.0 Å². The average molecular weight is 312 g/mol. The zero-order chi connectivity index (χ0) is 12.4. The molecule has 2 fully saturated rings. The number of hydrogen-bond donors (Lipinski definition) is 0. The first-order chi connectivity index (χ1) is 8.83. The quantitative estimate of drug-likeness (QED) is 0.841. The second-order valence-corrected chi connectivity index (χ2v) is 6.06. The molecule has 0 aromatic carbocycles. The fourth-order valence-electron chi connectivity index (χ4n) is 3.01. The molecule has 0 saturated carbocycles. The van der Waals surface area contributed by atoms with Crippen LogP contribution in [0.1, 0.15) is 19.3 Å². The predicted molar refractivity (Wildman–Crippen MR) is 73.6 cm³/mol. The van der Waals surface area contributed by atoms with Crippen molar-refractivity contribution in [2.24, 2.45) is 11.8 Å². The molecule has 18 heavy (non-hydrogen) atoms. The highest BCUT2D eigenvalue weighted by atomic mass is 79.9. The van der Waals surface area contributed by atoms with Crippen LogP contribution < -0.4 is 4.90 Å². The topological polar surface area (TPSA) is 38.2 Å². The third kappa shape index (κ3) is 2.67. The Hall–Kier alpha value is -0.680. The van der Waals surface area contributed by atoms with Crippen LogP contribution in [-0.4, -0.2) is 36.3 Å². The van der Waals surface area contributed by atoms with Crippen molar-refractivity contribution in [1.82, 2.24) is 9.97 Å². The monoisotopic (exact) mass is 311 g/mol. The highest BCUT2D eigenvalue weighted by Gasteiger charge is 2.31. The first-order valence-corrected chi connectivity index (χ1v) is 7.42. The molecule has 0 N–H and O–H groups in total. The van der Waals surface area contributed by atoms with E-state index in [0.717, 1.165) is 48.6 Å². The summed E-state index contributed by atoms with van der Waals surface area (Å²) in [6, 6.07) is 0. The van der Waals surface area contributed by atoms with E-state index in [0.29, 0.717) is 0 Å². The van der Waals surface area contributed by atoms with E-state index in [9.17, 15) is 0 Å². The van der Waals surface area contributed by atoms with Crippen LogP contribution in [0, 0.1) is 11.8 Å². The molecule has 0 aliphatic carbocycles. The van der Waals surface area contributed by atoms with Gasteiger partial charge in [-0.25, -0.2) is 9.97 Å². The summed E-state index contributed by atoms with van der Waals surface area (Å²) in [6.07, 6.45) is 7.36. The van der Waals surface area contributed by atoms with Crippen molar-refractivity contribution in [1.29, 1.82) is 0 Å². The Morgan fingerprint density at radius 1 is 1.11 bits per heavy atom. The normalized spacial score (nSPS) is 25.6. The number of hydrogen-bond acceptors (Lipinski definition) is 4. The van der Waals surface area contributed by atoms with E-state index in [2.05, 4.69) is 30.8 Å². The Labute approximate surface area is 116 Å². The first-order valence-electron chi connectivity index (χ1n) is 6.63. The number of aromatic nitrogens is 2. The van der Waals surface area contributed by atoms with Crippen LogP contribution in [0.25, 0.3) is 0 Å². The van der Waals surface area contributed by atoms with Gasteiger partial charge in [-0.3, -0.25) is 0 Å². The number of anilines is 1. The van der Waals surface area contributed by atoms with E-state index in [1.807, 2.05) is 12.4 Å². The van der Waals surface area contributed by atoms with Crippen LogP contribution in [-0.2, 0) is 4.74 Å². The Morgan fingerprint density at radius 2 is 1.83 bits per heavy atom. The maximum Gasteiger partial charge on any atom is 0.225 e. The Kier molecular flexibility index (Phi) is 3.80. The van der Waals surface area contributed by atoms with E-state index in [1.54, 1.807) is 0 Å². The van der Waals surface area contributed by atoms with E-state index < -0.39 is 0 Å². The van der Waals surface area contributed by atoms with E-state index in [1.165, 1.54) is 19.3 Å². The van der Waals surface area contributed by atoms with Gasteiger partial charge in [-0.1, -0.05) is 0 Å². The number of halogens is 1. The fourth-order valence-corrected chi connectivity index (χ4v) is 3.21. The predicted octanol–water partition coefficient (Wildman–Crippen LogP) is 2.49. The molecule has 1 atom stereocenters. The standard InChI is InChI=1S/C13H18BrN3O/c14-12-7-15-13(16-8-12)17-4-1-11(9-17)10-2-5-18-6-3-10/h7-8,10-11H,1-6,9H2. The number of ether oxygens (including phenoxy) is 1. The van der Waals surface area contributed by atoms with Gasteiger partial charge < -0.3 is 9.64 Å². The van der Waals surface area contributed by atoms with Crippen molar-refractivity contribution in [3.05, 3.63) is 16.9 Å². The zero-order valence-electron chi connectivity index (χ0n) is 10.4. The first kappa shape index (κ1) is 12.4. The molecule has 4 nitrogen and oxygen atoms in total. The van der Waals surface area contributed by atoms with E-state index in [-0.39, 0.29) is 0 Å². The van der Waals surface area contributed by atoms with Gasteiger partial charge in [0.25, 0.3) is 0 Å². The van der Waals surface area contributed by atoms with Crippen LogP contribution in [0.15, 0.2) is 16.9 Å². The van der Waals surface area contributed by atoms with Crippen molar-refractivity contribution >= 4 is 21.9 Å². The Bertz CT molecular complexity index is 392. The molecule has 5 heteroatoms. The van der Waals surface area contributed by atoms with Crippen molar-refractivity contribution < 1.29 is 4.74 Å². The lowest BCUT2D eigenvalue weighted by Crippen LogP contribution is -2.27. The number of rotatable bonds is 2. The molecule has 0 amide bonds. The summed E-state index contributed by atoms with van der Waals surface area (Å²) in [6.45, 7) is 4.07. The third-order valence-electron chi connectivity index (χ3n) is 4.05. The molecule has 3 heterocycles. The van der Waals surface area contributed by atoms with E-state index in [4.69, 9.17) is 4.74 Å². The summed E-state index contributed by atoms with van der Waals surface area (Å²) in [5, 5.41) is 0. The van der Waals surface area contributed by atoms with Gasteiger partial charge in [0.05, 0.1) is 4.47 Å². The minimum Gasteiger partial charge on any atom is -0.381 e. The smallest absolute Gasteiger partial charge is 0.225 e. The molecule has 98 valence electrons. The van der Waals surface area contributed by atoms with Crippen molar-refractivity contribution in [2.45, 2.75) is 19.3 Å². The molecule has 0 radical (unpaired) electrons. The summed E-state index contributed by atoms with van der Waals surface area (Å²) in [5.74, 6) is 2.49. The molecule has 0 spiro atoms. The highest BCUT2D eigenvalue weighted by molar-refractivity contribution is 9.10. The van der Waals surface area contributed by atoms with Gasteiger partial charge in [0.2, 0.25) is 5.95 Å².